The average molecular weight is 266 g/mol. The molecule has 0 saturated heterocycles. The molecule has 1 unspecified atom stereocenters. The molecule has 102 valence electrons. The van der Waals surface area contributed by atoms with Crippen LogP contribution in [-0.2, 0) is 0 Å². The van der Waals surface area contributed by atoms with Crippen LogP contribution in [0.1, 0.15) is 22.7 Å². The second kappa shape index (κ2) is 5.06. The van der Waals surface area contributed by atoms with Crippen LogP contribution in [0.15, 0.2) is 43.0 Å². The quantitative estimate of drug-likeness (QED) is 0.792. The highest BCUT2D eigenvalue weighted by atomic mass is 15.1. The van der Waals surface area contributed by atoms with Crippen LogP contribution < -0.4 is 5.73 Å². The summed E-state index contributed by atoms with van der Waals surface area (Å²) in [5.74, 6) is 0. The summed E-state index contributed by atoms with van der Waals surface area (Å²) in [6, 6.07) is 8.41. The van der Waals surface area contributed by atoms with Gasteiger partial charge in [0.25, 0.3) is 0 Å². The lowest BCUT2D eigenvalue weighted by Gasteiger charge is -2.18. The summed E-state index contributed by atoms with van der Waals surface area (Å²) in [7, 11) is 0. The Bertz CT molecular complexity index is 731. The van der Waals surface area contributed by atoms with Crippen molar-refractivity contribution in [1.29, 1.82) is 0 Å². The topological polar surface area (TPSA) is 56.7 Å². The Morgan fingerprint density at radius 3 is 2.55 bits per heavy atom. The Balaban J connectivity index is 2.15. The van der Waals surface area contributed by atoms with Gasteiger partial charge in [-0.15, -0.1) is 0 Å². The number of nitrogens with two attached hydrogens (primary N) is 1. The minimum Gasteiger partial charge on any atom is -0.328 e. The molecule has 2 heterocycles. The molecule has 0 bridgehead atoms. The van der Waals surface area contributed by atoms with Crippen molar-refractivity contribution in [3.05, 3.63) is 59.7 Å². The minimum absolute atomic E-state index is 0.0881. The number of fused-ring (bicyclic) bond motifs is 1. The molecular weight excluding hydrogens is 248 g/mol. The summed E-state index contributed by atoms with van der Waals surface area (Å²) in [4.78, 5) is 8.57. The van der Waals surface area contributed by atoms with Crippen molar-refractivity contribution < 1.29 is 0 Å². The second-order valence-electron chi connectivity index (χ2n) is 5.11. The fourth-order valence-electron chi connectivity index (χ4n) is 2.53. The fourth-order valence-corrected chi connectivity index (χ4v) is 2.53. The summed E-state index contributed by atoms with van der Waals surface area (Å²) in [6.07, 6.45) is 5.47. The van der Waals surface area contributed by atoms with E-state index in [1.165, 1.54) is 11.1 Å². The molecule has 0 amide bonds. The second-order valence-corrected chi connectivity index (χ2v) is 5.11. The van der Waals surface area contributed by atoms with E-state index in [9.17, 15) is 0 Å². The van der Waals surface area contributed by atoms with Gasteiger partial charge in [0.15, 0.2) is 0 Å². The van der Waals surface area contributed by atoms with Gasteiger partial charge >= 0.3 is 0 Å². The zero-order valence-electron chi connectivity index (χ0n) is 11.7. The Hall–Kier alpha value is -2.20. The van der Waals surface area contributed by atoms with E-state index in [4.69, 9.17) is 5.73 Å². The standard InChI is InChI=1S/C16H18N4/c1-11-7-14-15(8-12(11)2)20(10-19-14)16(9-17)13-3-5-18-6-4-13/h3-8,10,16H,9,17H2,1-2H3. The molecule has 0 fully saturated rings. The number of imidazole rings is 1. The molecule has 20 heavy (non-hydrogen) atoms. The number of aryl methyl sites for hydroxylation is 2. The van der Waals surface area contributed by atoms with E-state index in [2.05, 4.69) is 40.5 Å². The van der Waals surface area contributed by atoms with Crippen LogP contribution in [0.25, 0.3) is 11.0 Å². The van der Waals surface area contributed by atoms with Crippen LogP contribution in [0, 0.1) is 13.8 Å². The van der Waals surface area contributed by atoms with Crippen molar-refractivity contribution in [1.82, 2.24) is 14.5 Å². The Morgan fingerprint density at radius 1 is 1.15 bits per heavy atom. The first kappa shape index (κ1) is 12.8. The SMILES string of the molecule is Cc1cc2ncn(C(CN)c3ccncc3)c2cc1C. The van der Waals surface area contributed by atoms with Gasteiger partial charge in [-0.1, -0.05) is 0 Å². The summed E-state index contributed by atoms with van der Waals surface area (Å²) < 4.78 is 2.15. The van der Waals surface area contributed by atoms with Crippen LogP contribution in [0.2, 0.25) is 0 Å². The molecule has 0 saturated carbocycles. The van der Waals surface area contributed by atoms with Gasteiger partial charge in [-0.3, -0.25) is 4.98 Å². The molecule has 2 aromatic heterocycles. The number of rotatable bonds is 3. The number of hydrogen-bond acceptors (Lipinski definition) is 3. The third-order valence-electron chi connectivity index (χ3n) is 3.84. The van der Waals surface area contributed by atoms with Gasteiger partial charge in [-0.25, -0.2) is 4.98 Å². The first-order valence-corrected chi connectivity index (χ1v) is 6.74. The molecule has 0 radical (unpaired) electrons. The van der Waals surface area contributed by atoms with E-state index in [0.717, 1.165) is 16.6 Å². The zero-order valence-corrected chi connectivity index (χ0v) is 11.7. The lowest BCUT2D eigenvalue weighted by Crippen LogP contribution is -2.19. The van der Waals surface area contributed by atoms with E-state index in [1.54, 1.807) is 12.4 Å². The number of hydrogen-bond donors (Lipinski definition) is 1. The van der Waals surface area contributed by atoms with Crippen LogP contribution in [0.3, 0.4) is 0 Å². The zero-order chi connectivity index (χ0) is 14.1. The van der Waals surface area contributed by atoms with Gasteiger partial charge in [0, 0.05) is 18.9 Å². The number of nitrogens with zero attached hydrogens (tertiary/aromatic N) is 3. The van der Waals surface area contributed by atoms with E-state index < -0.39 is 0 Å². The van der Waals surface area contributed by atoms with Gasteiger partial charge in [-0.2, -0.15) is 0 Å². The number of aromatic nitrogens is 3. The van der Waals surface area contributed by atoms with Crippen LogP contribution in [-0.4, -0.2) is 21.1 Å². The third kappa shape index (κ3) is 2.08. The Labute approximate surface area is 118 Å². The molecule has 2 N–H and O–H groups in total. The van der Waals surface area contributed by atoms with Crippen LogP contribution in [0.4, 0.5) is 0 Å². The molecule has 0 aliphatic rings. The Kier molecular flexibility index (Phi) is 3.24. The summed E-state index contributed by atoms with van der Waals surface area (Å²) in [5, 5.41) is 0. The molecular formula is C16H18N4. The van der Waals surface area contributed by atoms with Crippen LogP contribution in [0.5, 0.6) is 0 Å². The average Bonchev–Trinajstić information content (AvgIpc) is 2.85. The normalized spacial score (nSPS) is 12.8. The summed E-state index contributed by atoms with van der Waals surface area (Å²) >= 11 is 0. The van der Waals surface area contributed by atoms with Gasteiger partial charge < -0.3 is 10.3 Å². The van der Waals surface area contributed by atoms with Gasteiger partial charge in [0.05, 0.1) is 23.4 Å². The van der Waals surface area contributed by atoms with Crippen molar-refractivity contribution in [2.75, 3.05) is 6.54 Å². The van der Waals surface area contributed by atoms with E-state index in [1.807, 2.05) is 18.5 Å². The van der Waals surface area contributed by atoms with Gasteiger partial charge in [0.2, 0.25) is 0 Å². The van der Waals surface area contributed by atoms with Gasteiger partial charge in [0.1, 0.15) is 0 Å². The highest BCUT2D eigenvalue weighted by Crippen LogP contribution is 2.24. The molecule has 1 aromatic carbocycles. The number of benzene rings is 1. The first-order valence-electron chi connectivity index (χ1n) is 6.74. The maximum atomic E-state index is 5.99. The number of pyridine rings is 1. The first-order chi connectivity index (χ1) is 9.70. The van der Waals surface area contributed by atoms with Crippen LogP contribution >= 0.6 is 0 Å². The highest BCUT2D eigenvalue weighted by Gasteiger charge is 2.15. The lowest BCUT2D eigenvalue weighted by molar-refractivity contribution is 0.609. The molecule has 3 aromatic rings. The maximum absolute atomic E-state index is 5.99. The van der Waals surface area contributed by atoms with Crippen molar-refractivity contribution in [2.24, 2.45) is 5.73 Å². The van der Waals surface area contributed by atoms with Crippen molar-refractivity contribution in [3.8, 4) is 0 Å². The molecule has 3 rings (SSSR count). The molecule has 4 nitrogen and oxygen atoms in total. The maximum Gasteiger partial charge on any atom is 0.0964 e. The van der Waals surface area contributed by atoms with Crippen molar-refractivity contribution >= 4 is 11.0 Å². The molecule has 1 atom stereocenters. The summed E-state index contributed by atoms with van der Waals surface area (Å²) in [6.45, 7) is 4.76. The monoisotopic (exact) mass is 266 g/mol. The van der Waals surface area contributed by atoms with Crippen molar-refractivity contribution in [2.45, 2.75) is 19.9 Å². The molecule has 4 heteroatoms. The molecule has 0 aliphatic carbocycles. The third-order valence-corrected chi connectivity index (χ3v) is 3.84. The smallest absolute Gasteiger partial charge is 0.0964 e. The van der Waals surface area contributed by atoms with E-state index >= 15 is 0 Å². The van der Waals surface area contributed by atoms with E-state index in [-0.39, 0.29) is 6.04 Å². The predicted molar refractivity (Wildman–Crippen MR) is 80.6 cm³/mol. The molecule has 0 spiro atoms. The highest BCUT2D eigenvalue weighted by molar-refractivity contribution is 5.77. The summed E-state index contributed by atoms with van der Waals surface area (Å²) in [5.41, 5.74) is 11.8. The fraction of sp³-hybridized carbons (Fsp3) is 0.250. The largest absolute Gasteiger partial charge is 0.328 e. The predicted octanol–water partition coefficient (Wildman–Crippen LogP) is 2.60. The molecule has 0 aliphatic heterocycles. The van der Waals surface area contributed by atoms with Crippen molar-refractivity contribution in [3.63, 3.8) is 0 Å². The minimum atomic E-state index is 0.0881. The van der Waals surface area contributed by atoms with Gasteiger partial charge in [-0.05, 0) is 54.8 Å². The van der Waals surface area contributed by atoms with E-state index in [0.29, 0.717) is 6.54 Å². The lowest BCUT2D eigenvalue weighted by atomic mass is 10.1. The Morgan fingerprint density at radius 2 is 1.85 bits per heavy atom.